The van der Waals surface area contributed by atoms with Gasteiger partial charge in [0.15, 0.2) is 0 Å². The molecule has 0 saturated carbocycles. The summed E-state index contributed by atoms with van der Waals surface area (Å²) in [5, 5.41) is 9.28. The maximum absolute atomic E-state index is 14.3. The third-order valence-corrected chi connectivity index (χ3v) is 5.37. The molecule has 0 radical (unpaired) electrons. The van der Waals surface area contributed by atoms with Gasteiger partial charge in [-0.05, 0) is 46.5 Å². The number of nitriles is 1. The van der Waals surface area contributed by atoms with E-state index in [0.717, 1.165) is 22.3 Å². The van der Waals surface area contributed by atoms with Crippen molar-refractivity contribution in [3.63, 3.8) is 0 Å². The van der Waals surface area contributed by atoms with Crippen LogP contribution in [0.4, 0.5) is 8.78 Å². The number of fused-ring (bicyclic) bond motifs is 3. The van der Waals surface area contributed by atoms with Crippen LogP contribution in [0.5, 0.6) is 0 Å². The second-order valence-electron chi connectivity index (χ2n) is 7.04. The van der Waals surface area contributed by atoms with Gasteiger partial charge < -0.3 is 0 Å². The minimum Gasteiger partial charge on any atom is -0.206 e. The molecule has 0 bridgehead atoms. The van der Waals surface area contributed by atoms with Crippen LogP contribution in [0.15, 0.2) is 89.9 Å². The number of halogens is 2. The van der Waals surface area contributed by atoms with E-state index in [2.05, 4.69) is 4.99 Å². The van der Waals surface area contributed by atoms with E-state index >= 15 is 0 Å². The van der Waals surface area contributed by atoms with Gasteiger partial charge in [-0.25, -0.2) is 8.78 Å². The Labute approximate surface area is 172 Å². The molecule has 1 aliphatic rings. The second-order valence-corrected chi connectivity index (χ2v) is 7.04. The predicted octanol–water partition coefficient (Wildman–Crippen LogP) is 6.60. The molecule has 5 rings (SSSR count). The molecule has 0 saturated heterocycles. The predicted molar refractivity (Wildman–Crippen MR) is 114 cm³/mol. The zero-order chi connectivity index (χ0) is 20.7. The van der Waals surface area contributed by atoms with Crippen molar-refractivity contribution in [3.05, 3.63) is 108 Å². The van der Waals surface area contributed by atoms with Crippen LogP contribution in [0.3, 0.4) is 0 Å². The Hall–Kier alpha value is -4.10. The maximum atomic E-state index is 14.3. The first-order valence-corrected chi connectivity index (χ1v) is 9.43. The van der Waals surface area contributed by atoms with Gasteiger partial charge in [0.25, 0.3) is 0 Å². The van der Waals surface area contributed by atoms with E-state index in [0.29, 0.717) is 28.0 Å². The third kappa shape index (κ3) is 2.80. The summed E-state index contributed by atoms with van der Waals surface area (Å²) in [6, 6.07) is 24.4. The highest BCUT2D eigenvalue weighted by Crippen LogP contribution is 2.41. The van der Waals surface area contributed by atoms with Crippen LogP contribution in [-0.2, 0) is 0 Å². The molecule has 1 aliphatic carbocycles. The van der Waals surface area contributed by atoms with E-state index in [4.69, 9.17) is 0 Å². The highest BCUT2D eigenvalue weighted by atomic mass is 19.1. The number of nitrogens with zero attached hydrogens (tertiary/aromatic N) is 2. The van der Waals surface area contributed by atoms with Gasteiger partial charge in [-0.3, -0.25) is 0 Å². The monoisotopic (exact) mass is 392 g/mol. The number of hydrogen-bond acceptors (Lipinski definition) is 2. The molecule has 0 atom stereocenters. The highest BCUT2D eigenvalue weighted by Gasteiger charge is 2.26. The smallest absolute Gasteiger partial charge is 0.206 e. The van der Waals surface area contributed by atoms with E-state index in [1.807, 2.05) is 42.6 Å². The molecule has 0 spiro atoms. The SMILES string of the molecule is N#CN=C1c2cc(-c3ccccc3F)ccc2-c2ccc(-c3ccccc3F)cc21. The first kappa shape index (κ1) is 18.0. The lowest BCUT2D eigenvalue weighted by Gasteiger charge is -2.07. The van der Waals surface area contributed by atoms with Gasteiger partial charge in [-0.15, -0.1) is 0 Å². The summed E-state index contributed by atoms with van der Waals surface area (Å²) in [6.45, 7) is 0. The molecule has 0 amide bonds. The molecule has 142 valence electrons. The van der Waals surface area contributed by atoms with E-state index in [1.165, 1.54) is 12.1 Å². The molecule has 4 heteroatoms. The van der Waals surface area contributed by atoms with E-state index in [9.17, 15) is 14.0 Å². The fourth-order valence-electron chi connectivity index (χ4n) is 3.99. The Bertz CT molecular complexity index is 1280. The lowest BCUT2D eigenvalue weighted by Crippen LogP contribution is -1.99. The Morgan fingerprint density at radius 3 is 1.47 bits per heavy atom. The lowest BCUT2D eigenvalue weighted by molar-refractivity contribution is 0.631. The summed E-state index contributed by atoms with van der Waals surface area (Å²) >= 11 is 0. The summed E-state index contributed by atoms with van der Waals surface area (Å²) < 4.78 is 28.6. The lowest BCUT2D eigenvalue weighted by atomic mass is 9.98. The molecular weight excluding hydrogens is 378 g/mol. The van der Waals surface area contributed by atoms with Gasteiger partial charge in [0, 0.05) is 22.3 Å². The van der Waals surface area contributed by atoms with E-state index in [1.54, 1.807) is 36.4 Å². The van der Waals surface area contributed by atoms with Crippen molar-refractivity contribution in [1.29, 1.82) is 5.26 Å². The zero-order valence-corrected chi connectivity index (χ0v) is 15.7. The molecule has 0 N–H and O–H groups in total. The molecule has 0 aromatic heterocycles. The molecular formula is C26H14F2N2. The summed E-state index contributed by atoms with van der Waals surface area (Å²) in [7, 11) is 0. The normalized spacial score (nSPS) is 11.6. The Kier molecular flexibility index (Phi) is 4.22. The van der Waals surface area contributed by atoms with Crippen molar-refractivity contribution in [1.82, 2.24) is 0 Å². The van der Waals surface area contributed by atoms with Crippen molar-refractivity contribution in [2.24, 2.45) is 4.99 Å². The van der Waals surface area contributed by atoms with Gasteiger partial charge in [0.2, 0.25) is 6.19 Å². The van der Waals surface area contributed by atoms with Crippen LogP contribution in [0.1, 0.15) is 11.1 Å². The van der Waals surface area contributed by atoms with Gasteiger partial charge in [0.1, 0.15) is 11.6 Å². The molecule has 0 unspecified atom stereocenters. The Morgan fingerprint density at radius 2 is 1.03 bits per heavy atom. The quantitative estimate of drug-likeness (QED) is 0.312. The standard InChI is InChI=1S/C26H14F2N2/c27-24-7-3-1-5-18(24)16-9-11-20-21-12-10-17(19-6-2-4-8-25(19)28)14-23(21)26(30-15-29)22(20)13-16/h1-14H. The number of rotatable bonds is 2. The van der Waals surface area contributed by atoms with Crippen LogP contribution in [-0.4, -0.2) is 5.71 Å². The first-order valence-electron chi connectivity index (χ1n) is 9.43. The fraction of sp³-hybridized carbons (Fsp3) is 0. The van der Waals surface area contributed by atoms with Gasteiger partial charge >= 0.3 is 0 Å². The topological polar surface area (TPSA) is 36.1 Å². The average Bonchev–Trinajstić information content (AvgIpc) is 3.07. The summed E-state index contributed by atoms with van der Waals surface area (Å²) in [4.78, 5) is 4.06. The van der Waals surface area contributed by atoms with Crippen LogP contribution < -0.4 is 0 Å². The Morgan fingerprint density at radius 1 is 0.567 bits per heavy atom. The van der Waals surface area contributed by atoms with Crippen molar-refractivity contribution < 1.29 is 8.78 Å². The molecule has 0 heterocycles. The molecule has 2 nitrogen and oxygen atoms in total. The van der Waals surface area contributed by atoms with E-state index in [-0.39, 0.29) is 11.6 Å². The minimum atomic E-state index is -0.312. The van der Waals surface area contributed by atoms with Crippen molar-refractivity contribution >= 4 is 5.71 Å². The van der Waals surface area contributed by atoms with Gasteiger partial charge in [-0.2, -0.15) is 10.3 Å². The molecule has 30 heavy (non-hydrogen) atoms. The van der Waals surface area contributed by atoms with Crippen LogP contribution >= 0.6 is 0 Å². The second kappa shape index (κ2) is 7.06. The van der Waals surface area contributed by atoms with Crippen molar-refractivity contribution in [2.45, 2.75) is 0 Å². The van der Waals surface area contributed by atoms with Crippen LogP contribution in [0.2, 0.25) is 0 Å². The van der Waals surface area contributed by atoms with Crippen molar-refractivity contribution in [2.75, 3.05) is 0 Å². The van der Waals surface area contributed by atoms with Gasteiger partial charge in [-0.1, -0.05) is 60.7 Å². The number of aliphatic imine (C=N–C) groups is 1. The molecule has 4 aromatic carbocycles. The van der Waals surface area contributed by atoms with Gasteiger partial charge in [0.05, 0.1) is 5.71 Å². The summed E-state index contributed by atoms with van der Waals surface area (Å²) in [6.07, 6.45) is 1.87. The molecule has 0 aliphatic heterocycles. The number of benzene rings is 4. The minimum absolute atomic E-state index is 0.312. The largest absolute Gasteiger partial charge is 0.206 e. The summed E-state index contributed by atoms with van der Waals surface area (Å²) in [5.41, 5.74) is 6.26. The fourth-order valence-corrected chi connectivity index (χ4v) is 3.99. The average molecular weight is 392 g/mol. The zero-order valence-electron chi connectivity index (χ0n) is 15.7. The van der Waals surface area contributed by atoms with E-state index < -0.39 is 0 Å². The molecule has 4 aromatic rings. The Balaban J connectivity index is 1.69. The molecule has 0 fully saturated rings. The first-order chi connectivity index (χ1) is 14.7. The maximum Gasteiger partial charge on any atom is 0.206 e. The third-order valence-electron chi connectivity index (χ3n) is 5.37. The van der Waals surface area contributed by atoms with Crippen LogP contribution in [0.25, 0.3) is 33.4 Å². The van der Waals surface area contributed by atoms with Crippen molar-refractivity contribution in [3.8, 4) is 39.6 Å². The summed E-state index contributed by atoms with van der Waals surface area (Å²) in [5.74, 6) is -0.623. The number of hydrogen-bond donors (Lipinski definition) is 0. The van der Waals surface area contributed by atoms with Crippen LogP contribution in [0, 0.1) is 23.1 Å². The highest BCUT2D eigenvalue weighted by molar-refractivity contribution is 6.25.